The van der Waals surface area contributed by atoms with Crippen molar-refractivity contribution in [3.05, 3.63) is 188 Å². The van der Waals surface area contributed by atoms with E-state index in [0.717, 1.165) is 55.1 Å². The van der Waals surface area contributed by atoms with Crippen LogP contribution in [-0.2, 0) is 0 Å². The summed E-state index contributed by atoms with van der Waals surface area (Å²) in [6.07, 6.45) is 0. The molecule has 0 amide bonds. The molecule has 0 aliphatic rings. The van der Waals surface area contributed by atoms with E-state index in [9.17, 15) is 0 Å². The van der Waals surface area contributed by atoms with Crippen molar-refractivity contribution >= 4 is 54.3 Å². The monoisotopic (exact) mass is 701 g/mol. The average Bonchev–Trinajstić information content (AvgIpc) is 3.65. The summed E-state index contributed by atoms with van der Waals surface area (Å²) in [6.45, 7) is 0. The molecule has 0 fully saturated rings. The summed E-state index contributed by atoms with van der Waals surface area (Å²) in [5.41, 5.74) is 8.96. The van der Waals surface area contributed by atoms with Crippen LogP contribution < -0.4 is 0 Å². The summed E-state index contributed by atoms with van der Waals surface area (Å²) in [4.78, 5) is 15.4. The van der Waals surface area contributed by atoms with Crippen molar-refractivity contribution in [2.24, 2.45) is 0 Å². The zero-order valence-electron chi connectivity index (χ0n) is 29.6. The summed E-state index contributed by atoms with van der Waals surface area (Å²) in [7, 11) is 0. The van der Waals surface area contributed by atoms with Gasteiger partial charge in [-0.3, -0.25) is 0 Å². The van der Waals surface area contributed by atoms with Gasteiger partial charge in [-0.1, -0.05) is 164 Å². The maximum Gasteiger partial charge on any atom is 0.164 e. The number of nitrogens with zero attached hydrogens (tertiary/aromatic N) is 3. The number of furan rings is 1. The van der Waals surface area contributed by atoms with E-state index in [2.05, 4.69) is 146 Å². The molecule has 2 aromatic heterocycles. The van der Waals surface area contributed by atoms with Crippen LogP contribution in [0.25, 0.3) is 111 Å². The summed E-state index contributed by atoms with van der Waals surface area (Å²) in [6, 6.07) is 65.8. The topological polar surface area (TPSA) is 51.8 Å². The van der Waals surface area contributed by atoms with Gasteiger partial charge in [0.05, 0.1) is 0 Å². The zero-order valence-corrected chi connectivity index (χ0v) is 29.6. The van der Waals surface area contributed by atoms with E-state index >= 15 is 0 Å². The first-order valence-corrected chi connectivity index (χ1v) is 18.5. The molecule has 0 aliphatic heterocycles. The van der Waals surface area contributed by atoms with Crippen molar-refractivity contribution in [3.63, 3.8) is 0 Å². The predicted octanol–water partition coefficient (Wildman–Crippen LogP) is 13.6. The molecule has 2 heterocycles. The van der Waals surface area contributed by atoms with Crippen molar-refractivity contribution in [3.8, 4) is 56.4 Å². The van der Waals surface area contributed by atoms with Gasteiger partial charge in [0.1, 0.15) is 11.2 Å². The molecule has 4 nitrogen and oxygen atoms in total. The highest BCUT2D eigenvalue weighted by Crippen LogP contribution is 2.41. The molecule has 55 heavy (non-hydrogen) atoms. The lowest BCUT2D eigenvalue weighted by molar-refractivity contribution is 0.670. The maximum atomic E-state index is 6.69. The lowest BCUT2D eigenvalue weighted by atomic mass is 9.96. The molecule has 0 saturated heterocycles. The standard InChI is InChI=1S/C51H31N3O/c1-3-11-32(12-4-1)36-25-27-41-37(30-36)23-24-38-31-40(26-28-42(38)41)50-52-49(34-14-5-2-6-15-34)53-51(54-50)45-19-10-20-46-47(45)44-18-9-17-43(48(44)55-46)39-22-21-33-13-7-8-16-35(33)29-39/h1-31H. The Kier molecular flexibility index (Phi) is 7.14. The van der Waals surface area contributed by atoms with Crippen LogP contribution in [0.15, 0.2) is 192 Å². The smallest absolute Gasteiger partial charge is 0.164 e. The van der Waals surface area contributed by atoms with Crippen LogP contribution >= 0.6 is 0 Å². The highest BCUT2D eigenvalue weighted by molar-refractivity contribution is 6.15. The van der Waals surface area contributed by atoms with Gasteiger partial charge in [0.15, 0.2) is 17.5 Å². The van der Waals surface area contributed by atoms with Crippen molar-refractivity contribution in [2.75, 3.05) is 0 Å². The zero-order chi connectivity index (χ0) is 36.3. The number of hydrogen-bond acceptors (Lipinski definition) is 4. The van der Waals surface area contributed by atoms with Gasteiger partial charge in [0.25, 0.3) is 0 Å². The normalized spacial score (nSPS) is 11.6. The van der Waals surface area contributed by atoms with E-state index < -0.39 is 0 Å². The third-order valence-electron chi connectivity index (χ3n) is 10.7. The van der Waals surface area contributed by atoms with Gasteiger partial charge < -0.3 is 4.42 Å². The van der Waals surface area contributed by atoms with Crippen LogP contribution in [0.4, 0.5) is 0 Å². The fraction of sp³-hybridized carbons (Fsp3) is 0. The number of para-hydroxylation sites is 1. The Bertz CT molecular complexity index is 3260. The SMILES string of the molecule is c1ccc(-c2ccc3c(ccc4cc(-c5nc(-c6ccccc6)nc(-c6cccc7oc8c(-c9ccc%10ccccc%10c9)cccc8c67)n5)ccc43)c2)cc1. The Morgan fingerprint density at radius 1 is 0.309 bits per heavy atom. The first-order chi connectivity index (χ1) is 27.2. The van der Waals surface area contributed by atoms with Crippen LogP contribution in [0, 0.1) is 0 Å². The minimum absolute atomic E-state index is 0.598. The molecule has 4 heteroatoms. The van der Waals surface area contributed by atoms with E-state index in [-0.39, 0.29) is 0 Å². The molecule has 0 bridgehead atoms. The Morgan fingerprint density at radius 2 is 0.873 bits per heavy atom. The quantitative estimate of drug-likeness (QED) is 0.168. The molecular formula is C51H31N3O. The minimum Gasteiger partial charge on any atom is -0.455 e. The minimum atomic E-state index is 0.598. The summed E-state index contributed by atoms with van der Waals surface area (Å²) >= 11 is 0. The van der Waals surface area contributed by atoms with Gasteiger partial charge in [-0.25, -0.2) is 15.0 Å². The molecule has 0 radical (unpaired) electrons. The van der Waals surface area contributed by atoms with Gasteiger partial charge in [-0.2, -0.15) is 0 Å². The lowest BCUT2D eigenvalue weighted by Crippen LogP contribution is -2.00. The fourth-order valence-corrected chi connectivity index (χ4v) is 7.98. The Balaban J connectivity index is 1.07. The Labute approximate surface area is 317 Å². The summed E-state index contributed by atoms with van der Waals surface area (Å²) in [5, 5.41) is 9.15. The summed E-state index contributed by atoms with van der Waals surface area (Å²) < 4.78 is 6.69. The van der Waals surface area contributed by atoms with E-state index in [1.807, 2.05) is 42.5 Å². The Hall–Kier alpha value is -7.43. The van der Waals surface area contributed by atoms with Crippen LogP contribution in [0.3, 0.4) is 0 Å². The second-order valence-electron chi connectivity index (χ2n) is 14.0. The van der Waals surface area contributed by atoms with E-state index in [0.29, 0.717) is 17.5 Å². The lowest BCUT2D eigenvalue weighted by Gasteiger charge is -2.11. The van der Waals surface area contributed by atoms with Crippen LogP contribution in [0.2, 0.25) is 0 Å². The van der Waals surface area contributed by atoms with Crippen LogP contribution in [-0.4, -0.2) is 15.0 Å². The van der Waals surface area contributed by atoms with Gasteiger partial charge in [0, 0.05) is 33.0 Å². The predicted molar refractivity (Wildman–Crippen MR) is 227 cm³/mol. The highest BCUT2D eigenvalue weighted by atomic mass is 16.3. The van der Waals surface area contributed by atoms with Crippen LogP contribution in [0.5, 0.6) is 0 Å². The molecule has 0 atom stereocenters. The molecule has 0 N–H and O–H groups in total. The number of fused-ring (bicyclic) bond motifs is 7. The fourth-order valence-electron chi connectivity index (χ4n) is 7.98. The third kappa shape index (κ3) is 5.34. The van der Waals surface area contributed by atoms with Gasteiger partial charge in [-0.05, 0) is 73.3 Å². The molecule has 0 spiro atoms. The number of aromatic nitrogens is 3. The Morgan fingerprint density at radius 3 is 1.65 bits per heavy atom. The second kappa shape index (κ2) is 12.6. The number of rotatable bonds is 5. The third-order valence-corrected chi connectivity index (χ3v) is 10.7. The molecule has 0 unspecified atom stereocenters. The molecule has 9 aromatic carbocycles. The summed E-state index contributed by atoms with van der Waals surface area (Å²) in [5.74, 6) is 1.83. The van der Waals surface area contributed by atoms with Crippen molar-refractivity contribution in [1.82, 2.24) is 15.0 Å². The number of hydrogen-bond donors (Lipinski definition) is 0. The second-order valence-corrected chi connectivity index (χ2v) is 14.0. The van der Waals surface area contributed by atoms with Crippen LogP contribution in [0.1, 0.15) is 0 Å². The first kappa shape index (κ1) is 31.1. The van der Waals surface area contributed by atoms with E-state index in [1.54, 1.807) is 0 Å². The van der Waals surface area contributed by atoms with E-state index in [4.69, 9.17) is 19.4 Å². The average molecular weight is 702 g/mol. The molecule has 11 rings (SSSR count). The highest BCUT2D eigenvalue weighted by Gasteiger charge is 2.20. The van der Waals surface area contributed by atoms with Gasteiger partial charge in [-0.15, -0.1) is 0 Å². The van der Waals surface area contributed by atoms with E-state index in [1.165, 1.54) is 38.1 Å². The van der Waals surface area contributed by atoms with Crippen molar-refractivity contribution < 1.29 is 4.42 Å². The van der Waals surface area contributed by atoms with Crippen molar-refractivity contribution in [2.45, 2.75) is 0 Å². The molecule has 0 aliphatic carbocycles. The largest absolute Gasteiger partial charge is 0.455 e. The molecule has 11 aromatic rings. The molecule has 0 saturated carbocycles. The number of benzene rings is 9. The van der Waals surface area contributed by atoms with Gasteiger partial charge in [0.2, 0.25) is 0 Å². The molecule has 256 valence electrons. The maximum absolute atomic E-state index is 6.69. The van der Waals surface area contributed by atoms with Crippen molar-refractivity contribution in [1.29, 1.82) is 0 Å². The molecular weight excluding hydrogens is 671 g/mol. The van der Waals surface area contributed by atoms with Gasteiger partial charge >= 0.3 is 0 Å². The first-order valence-electron chi connectivity index (χ1n) is 18.5.